The third-order valence-corrected chi connectivity index (χ3v) is 3.44. The molecule has 134 valence electrons. The van der Waals surface area contributed by atoms with E-state index in [-0.39, 0.29) is 11.4 Å². The van der Waals surface area contributed by atoms with E-state index in [1.54, 1.807) is 18.2 Å². The molecule has 5 nitrogen and oxygen atoms in total. The van der Waals surface area contributed by atoms with Gasteiger partial charge in [-0.15, -0.1) is 0 Å². The lowest BCUT2D eigenvalue weighted by Crippen LogP contribution is -2.20. The second kappa shape index (κ2) is 6.91. The molecule has 3 aromatic rings. The van der Waals surface area contributed by atoms with Crippen molar-refractivity contribution in [3.8, 4) is 5.75 Å². The monoisotopic (exact) mass is 363 g/mol. The molecule has 8 heteroatoms. The van der Waals surface area contributed by atoms with Crippen LogP contribution in [0, 0.1) is 0 Å². The Morgan fingerprint density at radius 1 is 1.08 bits per heavy atom. The Bertz CT molecular complexity index is 1010. The van der Waals surface area contributed by atoms with E-state index in [1.807, 2.05) is 0 Å². The highest BCUT2D eigenvalue weighted by Crippen LogP contribution is 2.30. The van der Waals surface area contributed by atoms with Crippen molar-refractivity contribution in [2.75, 3.05) is 11.9 Å². The Morgan fingerprint density at radius 2 is 1.85 bits per heavy atom. The number of rotatable bonds is 4. The van der Waals surface area contributed by atoms with Crippen molar-refractivity contribution in [2.45, 2.75) is 6.18 Å². The van der Waals surface area contributed by atoms with Gasteiger partial charge in [-0.05, 0) is 36.4 Å². The molecule has 1 N–H and O–H groups in total. The van der Waals surface area contributed by atoms with Crippen LogP contribution in [0.4, 0.5) is 18.9 Å². The fraction of sp³-hybridized carbons (Fsp3) is 0.111. The van der Waals surface area contributed by atoms with Gasteiger partial charge in [0.05, 0.1) is 5.56 Å². The first-order chi connectivity index (χ1) is 12.3. The summed E-state index contributed by atoms with van der Waals surface area (Å²) in [5.74, 6) is -0.343. The van der Waals surface area contributed by atoms with Crippen LogP contribution in [-0.4, -0.2) is 12.5 Å². The Balaban J connectivity index is 1.65. The molecule has 3 rings (SSSR count). The summed E-state index contributed by atoms with van der Waals surface area (Å²) >= 11 is 0. The molecular weight excluding hydrogens is 351 g/mol. The number of halogens is 3. The minimum absolute atomic E-state index is 0.0120. The van der Waals surface area contributed by atoms with E-state index >= 15 is 0 Å². The maximum Gasteiger partial charge on any atom is 0.416 e. The molecule has 26 heavy (non-hydrogen) atoms. The topological polar surface area (TPSA) is 68.5 Å². The minimum atomic E-state index is -4.49. The summed E-state index contributed by atoms with van der Waals surface area (Å²) < 4.78 is 48.3. The Morgan fingerprint density at radius 3 is 2.62 bits per heavy atom. The lowest BCUT2D eigenvalue weighted by atomic mass is 10.2. The van der Waals surface area contributed by atoms with E-state index in [9.17, 15) is 22.8 Å². The highest BCUT2D eigenvalue weighted by Gasteiger charge is 2.30. The normalized spacial score (nSPS) is 11.3. The number of anilines is 1. The fourth-order valence-electron chi connectivity index (χ4n) is 2.25. The first kappa shape index (κ1) is 17.5. The van der Waals surface area contributed by atoms with Gasteiger partial charge in [0, 0.05) is 23.2 Å². The quantitative estimate of drug-likeness (QED) is 0.716. The summed E-state index contributed by atoms with van der Waals surface area (Å²) in [5.41, 5.74) is -1.07. The van der Waals surface area contributed by atoms with Crippen LogP contribution in [0.3, 0.4) is 0 Å². The average Bonchev–Trinajstić information content (AvgIpc) is 2.59. The SMILES string of the molecule is O=C(COc1ccc2ccc(=O)oc2c1)Nc1cccc(C(F)(F)F)c1. The number of hydrogen-bond acceptors (Lipinski definition) is 4. The zero-order chi connectivity index (χ0) is 18.7. The van der Waals surface area contributed by atoms with Gasteiger partial charge in [0.1, 0.15) is 11.3 Å². The number of fused-ring (bicyclic) bond motifs is 1. The number of ether oxygens (including phenoxy) is 1. The lowest BCUT2D eigenvalue weighted by molar-refractivity contribution is -0.137. The number of amides is 1. The number of carbonyl (C=O) groups is 1. The average molecular weight is 363 g/mol. The van der Waals surface area contributed by atoms with E-state index in [4.69, 9.17) is 9.15 Å². The Hall–Kier alpha value is -3.29. The molecule has 0 aliphatic rings. The predicted octanol–water partition coefficient (Wildman–Crippen LogP) is 3.83. The molecule has 0 bridgehead atoms. The third-order valence-electron chi connectivity index (χ3n) is 3.44. The molecule has 0 saturated carbocycles. The Kier molecular flexibility index (Phi) is 4.66. The highest BCUT2D eigenvalue weighted by molar-refractivity contribution is 5.92. The first-order valence-electron chi connectivity index (χ1n) is 7.45. The van der Waals surface area contributed by atoms with Crippen LogP contribution < -0.4 is 15.7 Å². The predicted molar refractivity (Wildman–Crippen MR) is 88.1 cm³/mol. The Labute approximate surface area is 145 Å². The van der Waals surface area contributed by atoms with Crippen LogP contribution in [0.15, 0.2) is 63.8 Å². The van der Waals surface area contributed by atoms with Crippen molar-refractivity contribution in [2.24, 2.45) is 0 Å². The maximum atomic E-state index is 12.7. The highest BCUT2D eigenvalue weighted by atomic mass is 19.4. The van der Waals surface area contributed by atoms with Crippen molar-refractivity contribution in [1.82, 2.24) is 0 Å². The first-order valence-corrected chi connectivity index (χ1v) is 7.45. The molecule has 0 fully saturated rings. The number of nitrogens with one attached hydrogen (secondary N) is 1. The maximum absolute atomic E-state index is 12.7. The minimum Gasteiger partial charge on any atom is -0.484 e. The zero-order valence-corrected chi connectivity index (χ0v) is 13.2. The van der Waals surface area contributed by atoms with Gasteiger partial charge in [-0.3, -0.25) is 4.79 Å². The van der Waals surface area contributed by atoms with Gasteiger partial charge < -0.3 is 14.5 Å². The summed E-state index contributed by atoms with van der Waals surface area (Å²) in [4.78, 5) is 23.1. The van der Waals surface area contributed by atoms with E-state index < -0.39 is 29.9 Å². The molecule has 2 aromatic carbocycles. The smallest absolute Gasteiger partial charge is 0.416 e. The molecule has 1 heterocycles. The second-order valence-electron chi connectivity index (χ2n) is 5.37. The van der Waals surface area contributed by atoms with E-state index in [1.165, 1.54) is 24.3 Å². The van der Waals surface area contributed by atoms with Gasteiger partial charge in [0.15, 0.2) is 6.61 Å². The van der Waals surface area contributed by atoms with E-state index in [2.05, 4.69) is 5.32 Å². The lowest BCUT2D eigenvalue weighted by Gasteiger charge is -2.10. The van der Waals surface area contributed by atoms with Gasteiger partial charge in [-0.2, -0.15) is 13.2 Å². The van der Waals surface area contributed by atoms with Gasteiger partial charge in [-0.25, -0.2) is 4.79 Å². The van der Waals surface area contributed by atoms with Crippen molar-refractivity contribution < 1.29 is 27.1 Å². The molecule has 1 aromatic heterocycles. The fourth-order valence-corrected chi connectivity index (χ4v) is 2.25. The number of hydrogen-bond donors (Lipinski definition) is 1. The molecule has 0 saturated heterocycles. The number of alkyl halides is 3. The van der Waals surface area contributed by atoms with Crippen LogP contribution in [0.5, 0.6) is 5.75 Å². The standard InChI is InChI=1S/C18H12F3NO4/c19-18(20,21)12-2-1-3-13(8-12)22-16(23)10-25-14-6-4-11-5-7-17(24)26-15(11)9-14/h1-9H,10H2,(H,22,23). The number of benzene rings is 2. The van der Waals surface area contributed by atoms with E-state index in [0.717, 1.165) is 12.1 Å². The molecule has 0 aliphatic heterocycles. The summed E-state index contributed by atoms with van der Waals surface area (Å²) in [5, 5.41) is 3.02. The summed E-state index contributed by atoms with van der Waals surface area (Å²) in [6, 6.07) is 11.9. The van der Waals surface area contributed by atoms with Gasteiger partial charge in [0.25, 0.3) is 5.91 Å². The molecule has 0 aliphatic carbocycles. The van der Waals surface area contributed by atoms with Crippen molar-refractivity contribution in [3.63, 3.8) is 0 Å². The molecular formula is C18H12F3NO4. The molecule has 0 spiro atoms. The van der Waals surface area contributed by atoms with Crippen LogP contribution >= 0.6 is 0 Å². The molecule has 1 amide bonds. The van der Waals surface area contributed by atoms with Crippen LogP contribution in [0.25, 0.3) is 11.0 Å². The van der Waals surface area contributed by atoms with Gasteiger partial charge in [0.2, 0.25) is 0 Å². The van der Waals surface area contributed by atoms with Crippen molar-refractivity contribution in [1.29, 1.82) is 0 Å². The number of carbonyl (C=O) groups excluding carboxylic acids is 1. The van der Waals surface area contributed by atoms with Gasteiger partial charge in [-0.1, -0.05) is 6.07 Å². The van der Waals surface area contributed by atoms with Crippen LogP contribution in [0.1, 0.15) is 5.56 Å². The summed E-state index contributed by atoms with van der Waals surface area (Å²) in [7, 11) is 0. The van der Waals surface area contributed by atoms with Crippen molar-refractivity contribution in [3.05, 3.63) is 70.6 Å². The molecule has 0 radical (unpaired) electrons. The molecule has 0 unspecified atom stereocenters. The summed E-state index contributed by atoms with van der Waals surface area (Å²) in [6.45, 7) is -0.418. The van der Waals surface area contributed by atoms with E-state index in [0.29, 0.717) is 11.0 Å². The van der Waals surface area contributed by atoms with Crippen molar-refractivity contribution >= 4 is 22.6 Å². The molecule has 0 atom stereocenters. The second-order valence-corrected chi connectivity index (χ2v) is 5.37. The van der Waals surface area contributed by atoms with Gasteiger partial charge >= 0.3 is 11.8 Å². The largest absolute Gasteiger partial charge is 0.484 e. The van der Waals surface area contributed by atoms with Crippen LogP contribution in [0.2, 0.25) is 0 Å². The zero-order valence-electron chi connectivity index (χ0n) is 13.2. The summed E-state index contributed by atoms with van der Waals surface area (Å²) in [6.07, 6.45) is -4.49. The van der Waals surface area contributed by atoms with Crippen LogP contribution in [-0.2, 0) is 11.0 Å². The third kappa shape index (κ3) is 4.21.